The quantitative estimate of drug-likeness (QED) is 0.696. The molecule has 8 nitrogen and oxygen atoms in total. The first-order chi connectivity index (χ1) is 14.8. The van der Waals surface area contributed by atoms with E-state index in [0.29, 0.717) is 24.0 Å². The van der Waals surface area contributed by atoms with Gasteiger partial charge in [0.15, 0.2) is 17.3 Å². The van der Waals surface area contributed by atoms with Crippen LogP contribution in [0.2, 0.25) is 0 Å². The highest BCUT2D eigenvalue weighted by molar-refractivity contribution is 5.81. The molecule has 1 atom stereocenters. The van der Waals surface area contributed by atoms with Gasteiger partial charge < -0.3 is 19.7 Å². The van der Waals surface area contributed by atoms with Crippen molar-refractivity contribution in [2.75, 3.05) is 31.1 Å². The van der Waals surface area contributed by atoms with Crippen LogP contribution in [-0.2, 0) is 4.79 Å². The van der Waals surface area contributed by atoms with Crippen molar-refractivity contribution in [1.82, 2.24) is 20.5 Å². The molecule has 0 spiro atoms. The summed E-state index contributed by atoms with van der Waals surface area (Å²) in [5.41, 5.74) is 1.81. The summed E-state index contributed by atoms with van der Waals surface area (Å²) >= 11 is 0. The lowest BCUT2D eigenvalue weighted by molar-refractivity contribution is -0.130. The van der Waals surface area contributed by atoms with Crippen LogP contribution >= 0.6 is 0 Å². The largest absolute Gasteiger partial charge is 0.485 e. The molecule has 1 amide bonds. The molecular formula is C22H21N5O3. The van der Waals surface area contributed by atoms with Gasteiger partial charge in [-0.2, -0.15) is 0 Å². The molecule has 2 aromatic heterocycles. The summed E-state index contributed by atoms with van der Waals surface area (Å²) in [6, 6.07) is 15.1. The van der Waals surface area contributed by atoms with E-state index in [0.717, 1.165) is 30.2 Å². The van der Waals surface area contributed by atoms with Gasteiger partial charge in [0.05, 0.1) is 5.69 Å². The summed E-state index contributed by atoms with van der Waals surface area (Å²) in [5.74, 6) is 2.34. The normalized spacial score (nSPS) is 17.9. The average Bonchev–Trinajstić information content (AvgIpc) is 2.78. The number of nitrogens with one attached hydrogen (secondary N) is 1. The molecule has 0 radical (unpaired) electrons. The summed E-state index contributed by atoms with van der Waals surface area (Å²) in [6.45, 7) is 2.47. The predicted molar refractivity (Wildman–Crippen MR) is 110 cm³/mol. The van der Waals surface area contributed by atoms with Crippen molar-refractivity contribution < 1.29 is 14.3 Å². The van der Waals surface area contributed by atoms with Gasteiger partial charge in [-0.3, -0.25) is 9.78 Å². The first kappa shape index (κ1) is 18.4. The Kier molecular flexibility index (Phi) is 4.88. The Morgan fingerprint density at radius 3 is 2.60 bits per heavy atom. The minimum atomic E-state index is -0.623. The number of pyridine rings is 1. The van der Waals surface area contributed by atoms with Crippen LogP contribution < -0.4 is 19.7 Å². The molecule has 2 aliphatic heterocycles. The molecule has 2 aliphatic rings. The fourth-order valence-electron chi connectivity index (χ4n) is 3.56. The molecule has 1 aromatic carbocycles. The fourth-order valence-corrected chi connectivity index (χ4v) is 3.56. The molecule has 1 fully saturated rings. The van der Waals surface area contributed by atoms with Gasteiger partial charge in [0.25, 0.3) is 5.91 Å². The van der Waals surface area contributed by atoms with Crippen LogP contribution in [0.3, 0.4) is 0 Å². The van der Waals surface area contributed by atoms with Gasteiger partial charge in [0.1, 0.15) is 6.61 Å². The number of ether oxygens (including phenoxy) is 2. The minimum Gasteiger partial charge on any atom is -0.485 e. The van der Waals surface area contributed by atoms with Crippen molar-refractivity contribution in [2.24, 2.45) is 5.92 Å². The van der Waals surface area contributed by atoms with E-state index in [-0.39, 0.29) is 12.5 Å². The summed E-state index contributed by atoms with van der Waals surface area (Å²) < 4.78 is 11.4. The van der Waals surface area contributed by atoms with E-state index in [1.54, 1.807) is 18.5 Å². The maximum atomic E-state index is 12.4. The van der Waals surface area contributed by atoms with Gasteiger partial charge >= 0.3 is 0 Å². The molecule has 0 aliphatic carbocycles. The Hall–Kier alpha value is -3.68. The maximum absolute atomic E-state index is 12.4. The lowest BCUT2D eigenvalue weighted by atomic mass is 10.00. The predicted octanol–water partition coefficient (Wildman–Crippen LogP) is 1.93. The Morgan fingerprint density at radius 1 is 1.03 bits per heavy atom. The number of aromatic nitrogens is 3. The second kappa shape index (κ2) is 7.98. The topological polar surface area (TPSA) is 89.5 Å². The van der Waals surface area contributed by atoms with E-state index >= 15 is 0 Å². The van der Waals surface area contributed by atoms with E-state index in [2.05, 4.69) is 25.4 Å². The number of anilines is 1. The highest BCUT2D eigenvalue weighted by Crippen LogP contribution is 2.31. The number of fused-ring (bicyclic) bond motifs is 1. The highest BCUT2D eigenvalue weighted by atomic mass is 16.6. The zero-order chi connectivity index (χ0) is 20.3. The molecule has 152 valence electrons. The van der Waals surface area contributed by atoms with Gasteiger partial charge in [0, 0.05) is 43.5 Å². The molecule has 1 saturated heterocycles. The summed E-state index contributed by atoms with van der Waals surface area (Å²) in [4.78, 5) is 18.6. The van der Waals surface area contributed by atoms with Crippen LogP contribution in [0.1, 0.15) is 0 Å². The molecule has 5 rings (SSSR count). The van der Waals surface area contributed by atoms with Crippen molar-refractivity contribution in [2.45, 2.75) is 6.10 Å². The second-order valence-corrected chi connectivity index (χ2v) is 7.39. The van der Waals surface area contributed by atoms with E-state index < -0.39 is 6.10 Å². The van der Waals surface area contributed by atoms with Crippen LogP contribution in [0.5, 0.6) is 11.5 Å². The van der Waals surface area contributed by atoms with E-state index in [9.17, 15) is 4.79 Å². The molecule has 1 N–H and O–H groups in total. The van der Waals surface area contributed by atoms with Crippen molar-refractivity contribution >= 4 is 11.7 Å². The van der Waals surface area contributed by atoms with Crippen LogP contribution in [0.15, 0.2) is 60.9 Å². The van der Waals surface area contributed by atoms with Crippen LogP contribution in [0.4, 0.5) is 5.82 Å². The van der Waals surface area contributed by atoms with E-state index in [1.807, 2.05) is 42.5 Å². The maximum Gasteiger partial charge on any atom is 0.264 e. The molecular weight excluding hydrogens is 382 g/mol. The zero-order valence-corrected chi connectivity index (χ0v) is 16.3. The molecule has 0 bridgehead atoms. The molecule has 8 heteroatoms. The van der Waals surface area contributed by atoms with Crippen LogP contribution in [-0.4, -0.2) is 53.4 Å². The van der Waals surface area contributed by atoms with Crippen LogP contribution in [0, 0.1) is 5.92 Å². The molecule has 30 heavy (non-hydrogen) atoms. The Morgan fingerprint density at radius 2 is 1.83 bits per heavy atom. The molecule has 3 aromatic rings. The van der Waals surface area contributed by atoms with E-state index in [1.165, 1.54) is 0 Å². The van der Waals surface area contributed by atoms with E-state index in [4.69, 9.17) is 9.47 Å². The monoisotopic (exact) mass is 403 g/mol. The minimum absolute atomic E-state index is 0.149. The Bertz CT molecular complexity index is 1020. The number of nitrogens with zero attached hydrogens (tertiary/aromatic N) is 4. The summed E-state index contributed by atoms with van der Waals surface area (Å²) in [7, 11) is 0. The van der Waals surface area contributed by atoms with Gasteiger partial charge in [-0.1, -0.05) is 12.1 Å². The fraction of sp³-hybridized carbons (Fsp3) is 0.273. The van der Waals surface area contributed by atoms with Crippen molar-refractivity contribution in [1.29, 1.82) is 0 Å². The van der Waals surface area contributed by atoms with Gasteiger partial charge in [-0.25, -0.2) is 0 Å². The van der Waals surface area contributed by atoms with Crippen molar-refractivity contribution in [3.63, 3.8) is 0 Å². The number of carbonyl (C=O) groups excluding carboxylic acids is 1. The molecule has 0 saturated carbocycles. The summed E-state index contributed by atoms with van der Waals surface area (Å²) in [6.07, 6.45) is 2.85. The number of hydrogen-bond acceptors (Lipinski definition) is 7. The van der Waals surface area contributed by atoms with Crippen LogP contribution in [0.25, 0.3) is 11.3 Å². The first-order valence-electron chi connectivity index (χ1n) is 9.91. The number of amides is 1. The lowest BCUT2D eigenvalue weighted by Crippen LogP contribution is -2.53. The van der Waals surface area contributed by atoms with Crippen molar-refractivity contribution in [3.05, 3.63) is 60.9 Å². The Balaban J connectivity index is 1.09. The lowest BCUT2D eigenvalue weighted by Gasteiger charge is -2.40. The third-order valence-corrected chi connectivity index (χ3v) is 5.27. The van der Waals surface area contributed by atoms with Gasteiger partial charge in [-0.05, 0) is 36.4 Å². The van der Waals surface area contributed by atoms with Gasteiger partial charge in [0.2, 0.25) is 6.10 Å². The highest BCUT2D eigenvalue weighted by Gasteiger charge is 2.31. The average molecular weight is 403 g/mol. The number of hydrogen-bond donors (Lipinski definition) is 1. The van der Waals surface area contributed by atoms with Crippen molar-refractivity contribution in [3.8, 4) is 22.8 Å². The zero-order valence-electron chi connectivity index (χ0n) is 16.3. The smallest absolute Gasteiger partial charge is 0.264 e. The number of rotatable bonds is 5. The third-order valence-electron chi connectivity index (χ3n) is 5.27. The van der Waals surface area contributed by atoms with Gasteiger partial charge in [-0.15, -0.1) is 10.2 Å². The molecule has 4 heterocycles. The summed E-state index contributed by atoms with van der Waals surface area (Å²) in [5, 5.41) is 11.6. The molecule has 1 unspecified atom stereocenters. The Labute approximate surface area is 173 Å². The number of benzene rings is 1. The first-order valence-corrected chi connectivity index (χ1v) is 9.91. The second-order valence-electron chi connectivity index (χ2n) is 7.39. The third kappa shape index (κ3) is 3.76. The standard InChI is InChI=1S/C22H21N5O3/c28-22(20-14-29-18-3-1-2-4-19(18)30-20)24-11-15-12-27(13-15)21-6-5-17(25-26-21)16-7-9-23-10-8-16/h1-10,15,20H,11-14H2,(H,24,28). The number of para-hydroxylation sites is 2. The SMILES string of the molecule is O=C(NCC1CN(c2ccc(-c3ccncc3)nn2)C1)C1COc2ccccc2O1. The number of carbonyl (C=O) groups is 1.